The lowest BCUT2D eigenvalue weighted by Crippen LogP contribution is -2.12. The lowest BCUT2D eigenvalue weighted by Gasteiger charge is -2.14. The molecule has 1 rings (SSSR count). The summed E-state index contributed by atoms with van der Waals surface area (Å²) in [7, 11) is 0. The fraction of sp³-hybridized carbons (Fsp3) is 0.364. The van der Waals surface area contributed by atoms with Crippen LogP contribution in [0.5, 0.6) is 0 Å². The summed E-state index contributed by atoms with van der Waals surface area (Å²) in [6, 6.07) is 5.00. The first-order valence-corrected chi connectivity index (χ1v) is 5.38. The Kier molecular flexibility index (Phi) is 4.58. The number of hydrogen-bond donors (Lipinski definition) is 0. The summed E-state index contributed by atoms with van der Waals surface area (Å²) in [6.07, 6.45) is -0.578. The fourth-order valence-corrected chi connectivity index (χ4v) is 1.88. The average molecular weight is 247 g/mol. The molecule has 0 aliphatic carbocycles. The third-order valence-corrected chi connectivity index (χ3v) is 2.33. The highest BCUT2D eigenvalue weighted by Gasteiger charge is 2.17. The summed E-state index contributed by atoms with van der Waals surface area (Å²) in [4.78, 5) is 11.3. The van der Waals surface area contributed by atoms with E-state index in [-0.39, 0.29) is 5.78 Å². The second kappa shape index (κ2) is 5.50. The Morgan fingerprint density at radius 3 is 2.27 bits per heavy atom. The molecule has 0 spiro atoms. The normalized spacial score (nSPS) is 12.5. The van der Waals surface area contributed by atoms with Crippen molar-refractivity contribution in [2.45, 2.75) is 20.0 Å². The molecule has 0 aromatic heterocycles. The standard InChI is InChI=1S/C11H12Cl2O2/c1-3-15-11(7(2)14)8-4-9(12)6-10(13)5-8/h4-6,11H,3H2,1-2H3. The van der Waals surface area contributed by atoms with Crippen molar-refractivity contribution in [1.82, 2.24) is 0 Å². The van der Waals surface area contributed by atoms with E-state index < -0.39 is 6.10 Å². The summed E-state index contributed by atoms with van der Waals surface area (Å²) in [5.41, 5.74) is 0.696. The molecule has 0 N–H and O–H groups in total. The molecular weight excluding hydrogens is 235 g/mol. The van der Waals surface area contributed by atoms with Crippen LogP contribution in [0.15, 0.2) is 18.2 Å². The minimum absolute atomic E-state index is 0.0600. The van der Waals surface area contributed by atoms with E-state index in [0.717, 1.165) is 0 Å². The van der Waals surface area contributed by atoms with Crippen molar-refractivity contribution in [2.75, 3.05) is 6.61 Å². The van der Waals surface area contributed by atoms with Gasteiger partial charge in [0, 0.05) is 16.7 Å². The summed E-state index contributed by atoms with van der Waals surface area (Å²) in [6.45, 7) is 3.78. The van der Waals surface area contributed by atoms with Crippen LogP contribution >= 0.6 is 23.2 Å². The molecule has 15 heavy (non-hydrogen) atoms. The van der Waals surface area contributed by atoms with Gasteiger partial charge >= 0.3 is 0 Å². The monoisotopic (exact) mass is 246 g/mol. The van der Waals surface area contributed by atoms with Crippen molar-refractivity contribution >= 4 is 29.0 Å². The van der Waals surface area contributed by atoms with Gasteiger partial charge in [-0.05, 0) is 37.6 Å². The molecule has 0 saturated carbocycles. The molecule has 4 heteroatoms. The molecule has 2 nitrogen and oxygen atoms in total. The summed E-state index contributed by atoms with van der Waals surface area (Å²) >= 11 is 11.7. The summed E-state index contributed by atoms with van der Waals surface area (Å²) in [5.74, 6) is -0.0600. The van der Waals surface area contributed by atoms with Crippen molar-refractivity contribution in [3.63, 3.8) is 0 Å². The minimum Gasteiger partial charge on any atom is -0.366 e. The van der Waals surface area contributed by atoms with Gasteiger partial charge in [-0.1, -0.05) is 23.2 Å². The third-order valence-electron chi connectivity index (χ3n) is 1.89. The average Bonchev–Trinajstić information content (AvgIpc) is 2.11. The molecule has 82 valence electrons. The van der Waals surface area contributed by atoms with Gasteiger partial charge in [-0.3, -0.25) is 4.79 Å². The predicted octanol–water partition coefficient (Wildman–Crippen LogP) is 3.66. The largest absolute Gasteiger partial charge is 0.366 e. The smallest absolute Gasteiger partial charge is 0.163 e. The molecule has 0 saturated heterocycles. The van der Waals surface area contributed by atoms with Crippen LogP contribution in [0.4, 0.5) is 0 Å². The first-order chi connectivity index (χ1) is 7.04. The van der Waals surface area contributed by atoms with E-state index >= 15 is 0 Å². The van der Waals surface area contributed by atoms with Crippen LogP contribution in [0.2, 0.25) is 10.0 Å². The van der Waals surface area contributed by atoms with Crippen LogP contribution in [-0.4, -0.2) is 12.4 Å². The Balaban J connectivity index is 3.05. The number of rotatable bonds is 4. The maximum absolute atomic E-state index is 11.3. The number of hydrogen-bond acceptors (Lipinski definition) is 2. The van der Waals surface area contributed by atoms with Gasteiger partial charge in [0.05, 0.1) is 0 Å². The van der Waals surface area contributed by atoms with Crippen molar-refractivity contribution in [3.8, 4) is 0 Å². The van der Waals surface area contributed by atoms with Gasteiger partial charge in [-0.2, -0.15) is 0 Å². The summed E-state index contributed by atoms with van der Waals surface area (Å²) < 4.78 is 5.33. The second-order valence-electron chi connectivity index (χ2n) is 3.15. The number of ether oxygens (including phenoxy) is 1. The van der Waals surface area contributed by atoms with Crippen LogP contribution in [0.25, 0.3) is 0 Å². The number of ketones is 1. The van der Waals surface area contributed by atoms with Crippen molar-refractivity contribution in [2.24, 2.45) is 0 Å². The Morgan fingerprint density at radius 1 is 1.33 bits per heavy atom. The highest BCUT2D eigenvalue weighted by Crippen LogP contribution is 2.26. The van der Waals surface area contributed by atoms with E-state index in [4.69, 9.17) is 27.9 Å². The van der Waals surface area contributed by atoms with E-state index in [0.29, 0.717) is 22.2 Å². The number of halogens is 2. The fourth-order valence-electron chi connectivity index (χ4n) is 1.34. The van der Waals surface area contributed by atoms with Gasteiger partial charge in [0.2, 0.25) is 0 Å². The van der Waals surface area contributed by atoms with Crippen molar-refractivity contribution < 1.29 is 9.53 Å². The molecule has 0 aliphatic heterocycles. The van der Waals surface area contributed by atoms with Gasteiger partial charge in [0.15, 0.2) is 5.78 Å². The molecule has 0 fully saturated rings. The second-order valence-corrected chi connectivity index (χ2v) is 4.02. The predicted molar refractivity (Wildman–Crippen MR) is 61.5 cm³/mol. The van der Waals surface area contributed by atoms with E-state index in [1.807, 2.05) is 6.92 Å². The zero-order valence-electron chi connectivity index (χ0n) is 8.59. The van der Waals surface area contributed by atoms with Gasteiger partial charge in [0.1, 0.15) is 6.10 Å². The number of carbonyl (C=O) groups is 1. The SMILES string of the molecule is CCOC(C(C)=O)c1cc(Cl)cc(Cl)c1. The Labute approximate surface area is 99.1 Å². The van der Waals surface area contributed by atoms with Gasteiger partial charge in [-0.15, -0.1) is 0 Å². The van der Waals surface area contributed by atoms with Crippen LogP contribution in [-0.2, 0) is 9.53 Å². The van der Waals surface area contributed by atoms with E-state index in [1.165, 1.54) is 6.92 Å². The summed E-state index contributed by atoms with van der Waals surface area (Å²) in [5, 5.41) is 1.01. The number of Topliss-reactive ketones (excluding diaryl/α,β-unsaturated/α-hetero) is 1. The molecule has 0 amide bonds. The maximum atomic E-state index is 11.3. The lowest BCUT2D eigenvalue weighted by molar-refractivity contribution is -0.128. The van der Waals surface area contributed by atoms with Crippen molar-refractivity contribution in [3.05, 3.63) is 33.8 Å². The van der Waals surface area contributed by atoms with Crippen LogP contribution < -0.4 is 0 Å². The highest BCUT2D eigenvalue weighted by molar-refractivity contribution is 6.34. The van der Waals surface area contributed by atoms with E-state index in [2.05, 4.69) is 0 Å². The number of carbonyl (C=O) groups excluding carboxylic acids is 1. The zero-order chi connectivity index (χ0) is 11.4. The zero-order valence-corrected chi connectivity index (χ0v) is 10.1. The molecule has 1 unspecified atom stereocenters. The van der Waals surface area contributed by atoms with E-state index in [1.54, 1.807) is 18.2 Å². The highest BCUT2D eigenvalue weighted by atomic mass is 35.5. The molecule has 0 aliphatic rings. The first-order valence-electron chi connectivity index (χ1n) is 4.62. The Hall–Kier alpha value is -0.570. The van der Waals surface area contributed by atoms with Crippen LogP contribution in [0.3, 0.4) is 0 Å². The molecule has 1 atom stereocenters. The Morgan fingerprint density at radius 2 is 1.87 bits per heavy atom. The molecule has 0 radical (unpaired) electrons. The van der Waals surface area contributed by atoms with Gasteiger partial charge < -0.3 is 4.74 Å². The maximum Gasteiger partial charge on any atom is 0.163 e. The van der Waals surface area contributed by atoms with Crippen molar-refractivity contribution in [1.29, 1.82) is 0 Å². The van der Waals surface area contributed by atoms with Crippen LogP contribution in [0.1, 0.15) is 25.5 Å². The minimum atomic E-state index is -0.578. The molecular formula is C11H12Cl2O2. The topological polar surface area (TPSA) is 26.3 Å². The quantitative estimate of drug-likeness (QED) is 0.811. The Bertz CT molecular complexity index is 343. The molecule has 0 heterocycles. The van der Waals surface area contributed by atoms with E-state index in [9.17, 15) is 4.79 Å². The third kappa shape index (κ3) is 3.49. The molecule has 0 bridgehead atoms. The van der Waals surface area contributed by atoms with Gasteiger partial charge in [0.25, 0.3) is 0 Å². The molecule has 1 aromatic carbocycles. The molecule has 1 aromatic rings. The first kappa shape index (κ1) is 12.5. The lowest BCUT2D eigenvalue weighted by atomic mass is 10.1. The van der Waals surface area contributed by atoms with Crippen LogP contribution in [0, 0.1) is 0 Å². The van der Waals surface area contributed by atoms with Gasteiger partial charge in [-0.25, -0.2) is 0 Å². The number of benzene rings is 1.